The molecular formula is C23H33N3O6S. The number of hydrogen-bond donors (Lipinski definition) is 2. The van der Waals surface area contributed by atoms with Crippen LogP contribution in [-0.2, 0) is 19.1 Å². The molecule has 1 atom stereocenters. The van der Waals surface area contributed by atoms with Gasteiger partial charge in [-0.15, -0.1) is 0 Å². The molecule has 9 nitrogen and oxygen atoms in total. The highest BCUT2D eigenvalue weighted by atomic mass is 32.2. The Labute approximate surface area is 195 Å². The van der Waals surface area contributed by atoms with Gasteiger partial charge < -0.3 is 25.0 Å². The normalized spacial score (nSPS) is 16.6. The summed E-state index contributed by atoms with van der Waals surface area (Å²) in [6.45, 7) is 7.15. The van der Waals surface area contributed by atoms with E-state index in [1.807, 2.05) is 13.8 Å². The number of primary amides is 1. The topological polar surface area (TPSA) is 134 Å². The van der Waals surface area contributed by atoms with Crippen LogP contribution in [0.3, 0.4) is 0 Å². The fraction of sp³-hybridized carbons (Fsp3) is 0.478. The molecule has 1 unspecified atom stereocenters. The number of carbonyl (C=O) groups is 2. The molecule has 1 saturated heterocycles. The molecule has 3 N–H and O–H groups in total. The first-order valence-corrected chi connectivity index (χ1v) is 12.7. The Morgan fingerprint density at radius 1 is 1.24 bits per heavy atom. The highest BCUT2D eigenvalue weighted by Gasteiger charge is 2.46. The number of hydrogen-bond acceptors (Lipinski definition) is 7. The van der Waals surface area contributed by atoms with Crippen molar-refractivity contribution in [3.63, 3.8) is 0 Å². The average Bonchev–Trinajstić information content (AvgIpc) is 3.27. The summed E-state index contributed by atoms with van der Waals surface area (Å²) in [5.74, 6) is 4.13. The van der Waals surface area contributed by atoms with Crippen molar-refractivity contribution in [3.8, 4) is 5.75 Å². The fourth-order valence-corrected chi connectivity index (χ4v) is 5.63. The van der Waals surface area contributed by atoms with E-state index in [-0.39, 0.29) is 24.4 Å². The molecule has 1 aromatic heterocycles. The highest BCUT2D eigenvalue weighted by molar-refractivity contribution is 8.02. The zero-order valence-corrected chi connectivity index (χ0v) is 20.2. The zero-order valence-electron chi connectivity index (χ0n) is 19.4. The third-order valence-corrected chi connectivity index (χ3v) is 8.23. The lowest BCUT2D eigenvalue weighted by Crippen LogP contribution is -2.53. The van der Waals surface area contributed by atoms with Crippen molar-refractivity contribution in [2.75, 3.05) is 26.4 Å². The van der Waals surface area contributed by atoms with E-state index in [0.29, 0.717) is 49.2 Å². The van der Waals surface area contributed by atoms with E-state index in [9.17, 15) is 13.8 Å². The van der Waals surface area contributed by atoms with Crippen LogP contribution in [0.2, 0.25) is 0 Å². The van der Waals surface area contributed by atoms with Crippen LogP contribution >= 0.6 is 0 Å². The van der Waals surface area contributed by atoms with Crippen LogP contribution in [-0.4, -0.2) is 58.2 Å². The quantitative estimate of drug-likeness (QED) is 0.416. The Balaban J connectivity index is 0.00000187. The van der Waals surface area contributed by atoms with Gasteiger partial charge in [0.15, 0.2) is 5.69 Å². The second kappa shape index (κ2) is 11.9. The molecular weight excluding hydrogens is 446 g/mol. The van der Waals surface area contributed by atoms with Crippen molar-refractivity contribution < 1.29 is 27.8 Å². The van der Waals surface area contributed by atoms with Crippen molar-refractivity contribution in [3.05, 3.63) is 41.8 Å². The van der Waals surface area contributed by atoms with Gasteiger partial charge in [0, 0.05) is 40.2 Å². The molecule has 1 aromatic carbocycles. The van der Waals surface area contributed by atoms with Crippen LogP contribution in [0.15, 0.2) is 39.8 Å². The van der Waals surface area contributed by atoms with E-state index in [1.165, 1.54) is 0 Å². The van der Waals surface area contributed by atoms with Gasteiger partial charge in [-0.25, -0.2) is 0 Å². The molecule has 1 fully saturated rings. The van der Waals surface area contributed by atoms with Crippen LogP contribution in [0.25, 0.3) is 0 Å². The van der Waals surface area contributed by atoms with Crippen molar-refractivity contribution in [1.82, 2.24) is 10.5 Å². The summed E-state index contributed by atoms with van der Waals surface area (Å²) in [6, 6.07) is 8.24. The maximum Gasteiger partial charge on any atom is 0.273 e. The monoisotopic (exact) mass is 479 g/mol. The Morgan fingerprint density at radius 3 is 2.42 bits per heavy atom. The van der Waals surface area contributed by atoms with Gasteiger partial charge in [0.2, 0.25) is 5.91 Å². The molecule has 0 saturated carbocycles. The van der Waals surface area contributed by atoms with Crippen molar-refractivity contribution in [2.24, 2.45) is 5.73 Å². The fourth-order valence-electron chi connectivity index (χ4n) is 3.45. The number of amides is 2. The lowest BCUT2D eigenvalue weighted by Gasteiger charge is -2.37. The van der Waals surface area contributed by atoms with Crippen LogP contribution in [0.5, 0.6) is 5.75 Å². The molecule has 1 aliphatic heterocycles. The van der Waals surface area contributed by atoms with E-state index < -0.39 is 20.2 Å². The maximum atomic E-state index is 13.5. The molecule has 0 radical (unpaired) electrons. The summed E-state index contributed by atoms with van der Waals surface area (Å²) < 4.78 is 28.2. The number of nitrogens with one attached hydrogen (secondary N) is 1. The SMILES string of the molecule is C=S(=O)(c1ccc(OCCCNC(=O)c2cc(C)on2)cc1)C1(C(N)=O)CCOCC1.CC. The number of nitrogens with two attached hydrogens (primary N) is 1. The summed E-state index contributed by atoms with van der Waals surface area (Å²) in [4.78, 5) is 24.5. The molecule has 2 aromatic rings. The lowest BCUT2D eigenvalue weighted by molar-refractivity contribution is -0.122. The minimum atomic E-state index is -2.97. The minimum Gasteiger partial charge on any atom is -0.494 e. The lowest BCUT2D eigenvalue weighted by atomic mass is 9.98. The molecule has 2 amide bonds. The van der Waals surface area contributed by atoms with E-state index in [1.54, 1.807) is 37.3 Å². The van der Waals surface area contributed by atoms with Crippen molar-refractivity contribution in [2.45, 2.75) is 49.7 Å². The molecule has 0 spiro atoms. The van der Waals surface area contributed by atoms with Gasteiger partial charge in [-0.3, -0.25) is 13.8 Å². The number of benzene rings is 1. The molecule has 182 valence electrons. The van der Waals surface area contributed by atoms with E-state index in [0.717, 1.165) is 0 Å². The maximum absolute atomic E-state index is 13.5. The van der Waals surface area contributed by atoms with E-state index in [2.05, 4.69) is 16.3 Å². The van der Waals surface area contributed by atoms with Crippen LogP contribution < -0.4 is 15.8 Å². The van der Waals surface area contributed by atoms with Gasteiger partial charge in [-0.2, -0.15) is 0 Å². The van der Waals surface area contributed by atoms with E-state index in [4.69, 9.17) is 19.7 Å². The molecule has 3 rings (SSSR count). The summed E-state index contributed by atoms with van der Waals surface area (Å²) in [7, 11) is -2.97. The third-order valence-electron chi connectivity index (χ3n) is 5.32. The number of nitrogens with zero attached hydrogens (tertiary/aromatic N) is 1. The zero-order chi connectivity index (χ0) is 24.5. The largest absolute Gasteiger partial charge is 0.494 e. The molecule has 0 bridgehead atoms. The van der Waals surface area contributed by atoms with Gasteiger partial charge in [-0.05, 0) is 56.3 Å². The standard InChI is InChI=1S/C21H27N3O6S.C2H6/c1-15-14-18(24-30-15)19(25)23-10-3-11-29-16-4-6-17(7-5-16)31(2,27)21(20(22)26)8-12-28-13-9-21;1-2/h4-7,14H,2-3,8-13H2,1H3,(H2,22,26)(H,23,25);1-2H3. The molecule has 33 heavy (non-hydrogen) atoms. The number of aryl methyl sites for hydroxylation is 1. The van der Waals surface area contributed by atoms with Gasteiger partial charge >= 0.3 is 0 Å². The Morgan fingerprint density at radius 2 is 1.88 bits per heavy atom. The smallest absolute Gasteiger partial charge is 0.273 e. The summed E-state index contributed by atoms with van der Waals surface area (Å²) in [5, 5.41) is 6.39. The summed E-state index contributed by atoms with van der Waals surface area (Å²) in [5.41, 5.74) is 5.87. The number of aromatic nitrogens is 1. The Bertz CT molecular complexity index is 1020. The first-order valence-electron chi connectivity index (χ1n) is 11.0. The first kappa shape index (κ1) is 26.4. The predicted molar refractivity (Wildman–Crippen MR) is 127 cm³/mol. The molecule has 0 aliphatic carbocycles. The van der Waals surface area contributed by atoms with Gasteiger partial charge in [0.05, 0.1) is 6.61 Å². The Kier molecular flexibility index (Phi) is 9.48. The first-order chi connectivity index (χ1) is 15.8. The number of carbonyl (C=O) groups excluding carboxylic acids is 2. The number of rotatable bonds is 9. The van der Waals surface area contributed by atoms with Crippen LogP contribution in [0.4, 0.5) is 0 Å². The van der Waals surface area contributed by atoms with Crippen LogP contribution in [0.1, 0.15) is 49.4 Å². The molecule has 2 heterocycles. The third kappa shape index (κ3) is 6.14. The number of ether oxygens (including phenoxy) is 2. The second-order valence-electron chi connectivity index (χ2n) is 7.40. The van der Waals surface area contributed by atoms with Gasteiger partial charge in [0.25, 0.3) is 5.91 Å². The molecule has 1 aliphatic rings. The van der Waals surface area contributed by atoms with Crippen molar-refractivity contribution in [1.29, 1.82) is 0 Å². The summed E-state index contributed by atoms with van der Waals surface area (Å²) >= 11 is 0. The summed E-state index contributed by atoms with van der Waals surface area (Å²) in [6.07, 6.45) is 1.15. The Hall–Kier alpha value is -2.85. The van der Waals surface area contributed by atoms with E-state index >= 15 is 0 Å². The molecule has 10 heteroatoms. The van der Waals surface area contributed by atoms with Crippen molar-refractivity contribution >= 4 is 27.2 Å². The van der Waals surface area contributed by atoms with Gasteiger partial charge in [-0.1, -0.05) is 19.0 Å². The van der Waals surface area contributed by atoms with Crippen LogP contribution in [0, 0.1) is 6.92 Å². The minimum absolute atomic E-state index is 0.240. The average molecular weight is 480 g/mol. The predicted octanol–water partition coefficient (Wildman–Crippen LogP) is 2.32. The highest BCUT2D eigenvalue weighted by Crippen LogP contribution is 2.35. The second-order valence-corrected chi connectivity index (χ2v) is 10.0. The van der Waals surface area contributed by atoms with Gasteiger partial charge in [0.1, 0.15) is 16.3 Å².